The molecule has 29 heavy (non-hydrogen) atoms. The lowest BCUT2D eigenvalue weighted by atomic mass is 10.1. The third-order valence-electron chi connectivity index (χ3n) is 5.65. The van der Waals surface area contributed by atoms with Gasteiger partial charge in [-0.25, -0.2) is 9.97 Å². The van der Waals surface area contributed by atoms with Crippen molar-refractivity contribution in [3.05, 3.63) is 47.5 Å². The Labute approximate surface area is 172 Å². The van der Waals surface area contributed by atoms with E-state index in [0.29, 0.717) is 18.7 Å². The molecule has 1 atom stereocenters. The van der Waals surface area contributed by atoms with Gasteiger partial charge in [-0.05, 0) is 51.2 Å². The van der Waals surface area contributed by atoms with Gasteiger partial charge in [0.1, 0.15) is 0 Å². The second kappa shape index (κ2) is 9.31. The Hall–Kier alpha value is -2.54. The van der Waals surface area contributed by atoms with Crippen molar-refractivity contribution in [2.24, 2.45) is 0 Å². The van der Waals surface area contributed by atoms with Gasteiger partial charge in [0, 0.05) is 38.6 Å². The summed E-state index contributed by atoms with van der Waals surface area (Å²) in [5.41, 5.74) is 2.14. The van der Waals surface area contributed by atoms with Crippen molar-refractivity contribution < 1.29 is 9.53 Å². The minimum absolute atomic E-state index is 0.0613. The lowest BCUT2D eigenvalue weighted by Gasteiger charge is -2.28. The second-order valence-electron chi connectivity index (χ2n) is 7.86. The van der Waals surface area contributed by atoms with Crippen LogP contribution in [0.4, 0.5) is 5.95 Å². The van der Waals surface area contributed by atoms with Gasteiger partial charge in [-0.15, -0.1) is 0 Å². The summed E-state index contributed by atoms with van der Waals surface area (Å²) in [7, 11) is 0. The lowest BCUT2D eigenvalue weighted by Crippen LogP contribution is -2.38. The molecule has 4 rings (SSSR count). The smallest absolute Gasteiger partial charge is 0.257 e. The molecule has 0 spiro atoms. The van der Waals surface area contributed by atoms with Crippen molar-refractivity contribution in [3.8, 4) is 0 Å². The zero-order valence-corrected chi connectivity index (χ0v) is 17.1. The first-order valence-corrected chi connectivity index (χ1v) is 10.6. The predicted molar refractivity (Wildman–Crippen MR) is 111 cm³/mol. The van der Waals surface area contributed by atoms with Crippen LogP contribution in [0.2, 0.25) is 0 Å². The van der Waals surface area contributed by atoms with E-state index in [-0.39, 0.29) is 12.0 Å². The molecular formula is C22H29N5O2. The quantitative estimate of drug-likeness (QED) is 0.749. The van der Waals surface area contributed by atoms with Crippen LogP contribution in [0, 0.1) is 6.92 Å². The Morgan fingerprint density at radius 3 is 2.76 bits per heavy atom. The monoisotopic (exact) mass is 395 g/mol. The lowest BCUT2D eigenvalue weighted by molar-refractivity contribution is 0.0503. The highest BCUT2D eigenvalue weighted by Gasteiger charge is 2.26. The average molecular weight is 396 g/mol. The Morgan fingerprint density at radius 2 is 2.07 bits per heavy atom. The molecule has 1 unspecified atom stereocenters. The zero-order valence-electron chi connectivity index (χ0n) is 17.1. The van der Waals surface area contributed by atoms with E-state index in [4.69, 9.17) is 4.74 Å². The summed E-state index contributed by atoms with van der Waals surface area (Å²) >= 11 is 0. The summed E-state index contributed by atoms with van der Waals surface area (Å²) in [5.74, 6) is 0.669. The minimum Gasteiger partial charge on any atom is -0.376 e. The van der Waals surface area contributed by atoms with Gasteiger partial charge in [0.2, 0.25) is 5.95 Å². The van der Waals surface area contributed by atoms with Gasteiger partial charge in [0.25, 0.3) is 5.91 Å². The second-order valence-corrected chi connectivity index (χ2v) is 7.86. The maximum absolute atomic E-state index is 13.4. The Balaban J connectivity index is 1.53. The van der Waals surface area contributed by atoms with Crippen LogP contribution in [0.3, 0.4) is 0 Å². The van der Waals surface area contributed by atoms with Crippen LogP contribution in [0.15, 0.2) is 30.6 Å². The van der Waals surface area contributed by atoms with E-state index in [1.165, 1.54) is 19.3 Å². The van der Waals surface area contributed by atoms with Crippen molar-refractivity contribution in [2.45, 2.75) is 51.7 Å². The van der Waals surface area contributed by atoms with Gasteiger partial charge in [-0.1, -0.05) is 6.07 Å². The molecule has 4 heterocycles. The predicted octanol–water partition coefficient (Wildman–Crippen LogP) is 2.99. The molecule has 2 aromatic rings. The number of anilines is 1. The van der Waals surface area contributed by atoms with Gasteiger partial charge in [-0.2, -0.15) is 0 Å². The molecule has 7 heteroatoms. The SMILES string of the molecule is Cc1nc(N2CCCCC2)ncc1C(=O)N(Cc1ccccn1)CC1CCCO1. The molecular weight excluding hydrogens is 366 g/mol. The molecule has 2 saturated heterocycles. The minimum atomic E-state index is -0.0613. The summed E-state index contributed by atoms with van der Waals surface area (Å²) in [6.45, 7) is 5.64. The maximum atomic E-state index is 13.4. The van der Waals surface area contributed by atoms with E-state index in [9.17, 15) is 4.79 Å². The highest BCUT2D eigenvalue weighted by atomic mass is 16.5. The molecule has 154 valence electrons. The fourth-order valence-corrected chi connectivity index (χ4v) is 4.02. The summed E-state index contributed by atoms with van der Waals surface area (Å²) < 4.78 is 5.78. The standard InChI is InChI=1S/C22H29N5O2/c1-17-20(14-24-22(25-17)26-11-5-2-6-12-26)21(28)27(16-19-9-7-13-29-19)15-18-8-3-4-10-23-18/h3-4,8,10,14,19H,2,5-7,9,11-13,15-16H2,1H3. The fraction of sp³-hybridized carbons (Fsp3) is 0.545. The van der Waals surface area contributed by atoms with Crippen molar-refractivity contribution in [1.29, 1.82) is 0 Å². The van der Waals surface area contributed by atoms with E-state index in [0.717, 1.165) is 49.9 Å². The van der Waals surface area contributed by atoms with E-state index in [2.05, 4.69) is 19.9 Å². The van der Waals surface area contributed by atoms with Crippen molar-refractivity contribution in [2.75, 3.05) is 31.1 Å². The summed E-state index contributed by atoms with van der Waals surface area (Å²) in [6, 6.07) is 5.77. The normalized spacial score (nSPS) is 19.3. The van der Waals surface area contributed by atoms with Crippen molar-refractivity contribution in [1.82, 2.24) is 19.9 Å². The molecule has 0 bridgehead atoms. The first-order valence-electron chi connectivity index (χ1n) is 10.6. The largest absolute Gasteiger partial charge is 0.376 e. The average Bonchev–Trinajstić information content (AvgIpc) is 3.27. The van der Waals surface area contributed by atoms with Crippen LogP contribution in [0.1, 0.15) is 53.8 Å². The molecule has 7 nitrogen and oxygen atoms in total. The molecule has 2 aromatic heterocycles. The van der Waals surface area contributed by atoms with Crippen molar-refractivity contribution >= 4 is 11.9 Å². The molecule has 2 fully saturated rings. The Kier molecular flexibility index (Phi) is 6.34. The number of rotatable bonds is 6. The van der Waals surface area contributed by atoms with Crippen LogP contribution < -0.4 is 4.90 Å². The van der Waals surface area contributed by atoms with Crippen LogP contribution in [-0.4, -0.2) is 58.1 Å². The van der Waals surface area contributed by atoms with Crippen molar-refractivity contribution in [3.63, 3.8) is 0 Å². The third kappa shape index (κ3) is 4.90. The number of ether oxygens (including phenoxy) is 1. The van der Waals surface area contributed by atoms with E-state index in [1.807, 2.05) is 30.0 Å². The number of carbonyl (C=O) groups excluding carboxylic acids is 1. The van der Waals surface area contributed by atoms with Gasteiger partial charge < -0.3 is 14.5 Å². The van der Waals surface area contributed by atoms with Gasteiger partial charge >= 0.3 is 0 Å². The maximum Gasteiger partial charge on any atom is 0.257 e. The Bertz CT molecular complexity index is 817. The molecule has 0 N–H and O–H groups in total. The first kappa shape index (κ1) is 19.8. The molecule has 0 aliphatic carbocycles. The number of piperidine rings is 1. The third-order valence-corrected chi connectivity index (χ3v) is 5.65. The van der Waals surface area contributed by atoms with E-state index >= 15 is 0 Å². The number of hydrogen-bond donors (Lipinski definition) is 0. The van der Waals surface area contributed by atoms with Gasteiger partial charge in [0.05, 0.1) is 29.6 Å². The summed E-state index contributed by atoms with van der Waals surface area (Å²) in [5, 5.41) is 0. The zero-order chi connectivity index (χ0) is 20.1. The Morgan fingerprint density at radius 1 is 1.21 bits per heavy atom. The summed E-state index contributed by atoms with van der Waals surface area (Å²) in [4.78, 5) is 31.0. The number of hydrogen-bond acceptors (Lipinski definition) is 6. The van der Waals surface area contributed by atoms with Gasteiger partial charge in [-0.3, -0.25) is 9.78 Å². The molecule has 2 aliphatic heterocycles. The molecule has 0 radical (unpaired) electrons. The highest BCUT2D eigenvalue weighted by Crippen LogP contribution is 2.20. The molecule has 1 amide bonds. The highest BCUT2D eigenvalue weighted by molar-refractivity contribution is 5.95. The molecule has 0 saturated carbocycles. The van der Waals surface area contributed by atoms with Crippen LogP contribution in [0.25, 0.3) is 0 Å². The van der Waals surface area contributed by atoms with Crippen LogP contribution >= 0.6 is 0 Å². The first-order chi connectivity index (χ1) is 14.2. The molecule has 0 aromatic carbocycles. The number of carbonyl (C=O) groups is 1. The fourth-order valence-electron chi connectivity index (χ4n) is 4.02. The van der Waals surface area contributed by atoms with Crippen LogP contribution in [0.5, 0.6) is 0 Å². The molecule has 2 aliphatic rings. The van der Waals surface area contributed by atoms with E-state index in [1.54, 1.807) is 12.4 Å². The number of pyridine rings is 1. The van der Waals surface area contributed by atoms with Gasteiger partial charge in [0.15, 0.2) is 0 Å². The number of aryl methyl sites for hydroxylation is 1. The summed E-state index contributed by atoms with van der Waals surface area (Å²) in [6.07, 6.45) is 9.15. The number of nitrogens with zero attached hydrogens (tertiary/aromatic N) is 5. The van der Waals surface area contributed by atoms with Crippen LogP contribution in [-0.2, 0) is 11.3 Å². The van der Waals surface area contributed by atoms with E-state index < -0.39 is 0 Å². The number of aromatic nitrogens is 3. The topological polar surface area (TPSA) is 71.5 Å². The number of amides is 1.